The molecule has 0 unspecified atom stereocenters. The molecular formula is C16H26N2O. The molecule has 3 nitrogen and oxygen atoms in total. The van der Waals surface area contributed by atoms with E-state index in [1.54, 1.807) is 0 Å². The molecule has 0 aromatic heterocycles. The predicted molar refractivity (Wildman–Crippen MR) is 74.6 cm³/mol. The first kappa shape index (κ1) is 12.2. The standard InChI is InChI=1S/C16H26N2O/c1-11-8-12-4-2-6-15-17(12)14(9-11)10-13-5-3-7-16(19)18(13)15/h11-15H,2-10H2,1H3/t11-,12+,13+,14+,15-/m0/s1. The second-order valence-corrected chi connectivity index (χ2v) is 7.33. The van der Waals surface area contributed by atoms with Gasteiger partial charge in [0.05, 0.1) is 6.17 Å². The molecule has 3 heteroatoms. The maximum Gasteiger partial charge on any atom is 0.224 e. The van der Waals surface area contributed by atoms with Gasteiger partial charge in [0.1, 0.15) is 0 Å². The van der Waals surface area contributed by atoms with Crippen LogP contribution in [-0.4, -0.2) is 40.0 Å². The van der Waals surface area contributed by atoms with Crippen LogP contribution in [0.15, 0.2) is 0 Å². The molecule has 0 aromatic rings. The summed E-state index contributed by atoms with van der Waals surface area (Å²) < 4.78 is 0. The Morgan fingerprint density at radius 3 is 2.63 bits per heavy atom. The van der Waals surface area contributed by atoms with Gasteiger partial charge >= 0.3 is 0 Å². The molecule has 0 aromatic carbocycles. The molecule has 4 fully saturated rings. The number of fused-ring (bicyclic) bond motifs is 2. The Hall–Kier alpha value is -0.570. The molecule has 4 heterocycles. The van der Waals surface area contributed by atoms with E-state index in [1.165, 1.54) is 44.9 Å². The minimum absolute atomic E-state index is 0.443. The van der Waals surface area contributed by atoms with Gasteiger partial charge in [0.25, 0.3) is 0 Å². The van der Waals surface area contributed by atoms with Gasteiger partial charge in [0.15, 0.2) is 0 Å². The van der Waals surface area contributed by atoms with E-state index in [0.29, 0.717) is 18.1 Å². The molecule has 0 spiro atoms. The average Bonchev–Trinajstić information content (AvgIpc) is 2.38. The van der Waals surface area contributed by atoms with Gasteiger partial charge in [0.2, 0.25) is 5.91 Å². The molecule has 5 atom stereocenters. The van der Waals surface area contributed by atoms with Gasteiger partial charge < -0.3 is 4.90 Å². The largest absolute Gasteiger partial charge is 0.324 e. The zero-order valence-electron chi connectivity index (χ0n) is 12.1. The summed E-state index contributed by atoms with van der Waals surface area (Å²) in [5.41, 5.74) is 0. The molecular weight excluding hydrogens is 236 g/mol. The van der Waals surface area contributed by atoms with Crippen molar-refractivity contribution in [2.24, 2.45) is 5.92 Å². The summed E-state index contributed by atoms with van der Waals surface area (Å²) in [6, 6.07) is 2.10. The number of hydrogen-bond acceptors (Lipinski definition) is 2. The lowest BCUT2D eigenvalue weighted by molar-refractivity contribution is -0.171. The fraction of sp³-hybridized carbons (Fsp3) is 0.938. The molecule has 0 bridgehead atoms. The summed E-state index contributed by atoms with van der Waals surface area (Å²) in [5, 5.41) is 0. The highest BCUT2D eigenvalue weighted by molar-refractivity contribution is 5.77. The van der Waals surface area contributed by atoms with Crippen LogP contribution in [0.2, 0.25) is 0 Å². The van der Waals surface area contributed by atoms with Crippen molar-refractivity contribution in [1.29, 1.82) is 0 Å². The average molecular weight is 262 g/mol. The smallest absolute Gasteiger partial charge is 0.224 e. The molecule has 4 saturated heterocycles. The minimum Gasteiger partial charge on any atom is -0.324 e. The van der Waals surface area contributed by atoms with Crippen molar-refractivity contribution < 1.29 is 4.79 Å². The molecule has 0 N–H and O–H groups in total. The van der Waals surface area contributed by atoms with E-state index in [2.05, 4.69) is 16.7 Å². The number of amides is 1. The number of carbonyl (C=O) groups excluding carboxylic acids is 1. The number of nitrogens with zero attached hydrogens (tertiary/aromatic N) is 2. The summed E-state index contributed by atoms with van der Waals surface area (Å²) >= 11 is 0. The molecule has 106 valence electrons. The van der Waals surface area contributed by atoms with Gasteiger partial charge in [-0.25, -0.2) is 0 Å². The Balaban J connectivity index is 1.66. The van der Waals surface area contributed by atoms with E-state index >= 15 is 0 Å². The van der Waals surface area contributed by atoms with Gasteiger partial charge in [-0.2, -0.15) is 0 Å². The Kier molecular flexibility index (Phi) is 2.87. The lowest BCUT2D eigenvalue weighted by Gasteiger charge is -2.60. The Morgan fingerprint density at radius 1 is 0.947 bits per heavy atom. The first-order valence-corrected chi connectivity index (χ1v) is 8.32. The van der Waals surface area contributed by atoms with Crippen LogP contribution >= 0.6 is 0 Å². The molecule has 0 radical (unpaired) electrons. The topological polar surface area (TPSA) is 23.6 Å². The van der Waals surface area contributed by atoms with Crippen LogP contribution in [0.5, 0.6) is 0 Å². The van der Waals surface area contributed by atoms with E-state index in [-0.39, 0.29) is 0 Å². The molecule has 0 aliphatic carbocycles. The van der Waals surface area contributed by atoms with Crippen LogP contribution in [0.4, 0.5) is 0 Å². The minimum atomic E-state index is 0.443. The van der Waals surface area contributed by atoms with Crippen molar-refractivity contribution in [3.05, 3.63) is 0 Å². The van der Waals surface area contributed by atoms with Gasteiger partial charge in [0, 0.05) is 24.5 Å². The van der Waals surface area contributed by atoms with Crippen molar-refractivity contribution >= 4 is 5.91 Å². The first-order chi connectivity index (χ1) is 9.24. The highest BCUT2D eigenvalue weighted by Crippen LogP contribution is 2.44. The number of piperidine rings is 3. The van der Waals surface area contributed by atoms with Crippen molar-refractivity contribution in [2.45, 2.75) is 89.0 Å². The second-order valence-electron chi connectivity index (χ2n) is 7.33. The number of rotatable bonds is 0. The van der Waals surface area contributed by atoms with E-state index in [1.807, 2.05) is 0 Å². The van der Waals surface area contributed by atoms with Crippen molar-refractivity contribution in [3.8, 4) is 0 Å². The van der Waals surface area contributed by atoms with E-state index in [9.17, 15) is 4.79 Å². The first-order valence-electron chi connectivity index (χ1n) is 8.32. The third-order valence-electron chi connectivity index (χ3n) is 6.01. The third kappa shape index (κ3) is 1.84. The Morgan fingerprint density at radius 2 is 1.74 bits per heavy atom. The Labute approximate surface area is 116 Å². The number of hydrogen-bond donors (Lipinski definition) is 0. The zero-order chi connectivity index (χ0) is 13.0. The highest BCUT2D eigenvalue weighted by Gasteiger charge is 2.50. The fourth-order valence-electron chi connectivity index (χ4n) is 5.42. The molecule has 0 saturated carbocycles. The van der Waals surface area contributed by atoms with Gasteiger partial charge in [-0.15, -0.1) is 0 Å². The lowest BCUT2D eigenvalue weighted by atomic mass is 9.76. The quantitative estimate of drug-likeness (QED) is 0.670. The SMILES string of the molecule is C[C@H]1C[C@H]2CCC[C@@H]3N4C(=O)CCC[C@@H]4C[C@@H](C1)N23. The normalized spacial score (nSPS) is 46.7. The van der Waals surface area contributed by atoms with Crippen molar-refractivity contribution in [3.63, 3.8) is 0 Å². The van der Waals surface area contributed by atoms with Gasteiger partial charge in [-0.05, 0) is 57.3 Å². The van der Waals surface area contributed by atoms with Crippen molar-refractivity contribution in [1.82, 2.24) is 9.80 Å². The maximum absolute atomic E-state index is 12.4. The van der Waals surface area contributed by atoms with Crippen LogP contribution < -0.4 is 0 Å². The van der Waals surface area contributed by atoms with Crippen LogP contribution in [0, 0.1) is 5.92 Å². The lowest BCUT2D eigenvalue weighted by Crippen LogP contribution is -2.69. The fourth-order valence-corrected chi connectivity index (χ4v) is 5.42. The van der Waals surface area contributed by atoms with Crippen LogP contribution in [0.25, 0.3) is 0 Å². The number of carbonyl (C=O) groups is 1. The van der Waals surface area contributed by atoms with Gasteiger partial charge in [-0.1, -0.05) is 6.92 Å². The third-order valence-corrected chi connectivity index (χ3v) is 6.01. The molecule has 4 aliphatic heterocycles. The second kappa shape index (κ2) is 4.47. The van der Waals surface area contributed by atoms with Crippen LogP contribution in [0.3, 0.4) is 0 Å². The van der Waals surface area contributed by atoms with Gasteiger partial charge in [-0.3, -0.25) is 9.69 Å². The van der Waals surface area contributed by atoms with Crippen LogP contribution in [0.1, 0.15) is 64.7 Å². The van der Waals surface area contributed by atoms with E-state index in [0.717, 1.165) is 30.8 Å². The molecule has 1 amide bonds. The highest BCUT2D eigenvalue weighted by atomic mass is 16.2. The summed E-state index contributed by atoms with van der Waals surface area (Å²) in [6.45, 7) is 2.43. The summed E-state index contributed by atoms with van der Waals surface area (Å²) in [5.74, 6) is 1.33. The monoisotopic (exact) mass is 262 g/mol. The molecule has 19 heavy (non-hydrogen) atoms. The summed E-state index contributed by atoms with van der Waals surface area (Å²) in [6.07, 6.45) is 11.5. The van der Waals surface area contributed by atoms with Crippen molar-refractivity contribution in [2.75, 3.05) is 0 Å². The van der Waals surface area contributed by atoms with Crippen LogP contribution in [-0.2, 0) is 4.79 Å². The zero-order valence-corrected chi connectivity index (χ0v) is 12.1. The summed E-state index contributed by atoms with van der Waals surface area (Å²) in [4.78, 5) is 17.4. The van der Waals surface area contributed by atoms with E-state index in [4.69, 9.17) is 0 Å². The molecule has 4 aliphatic rings. The summed E-state index contributed by atoms with van der Waals surface area (Å²) in [7, 11) is 0. The molecule has 4 rings (SSSR count). The van der Waals surface area contributed by atoms with E-state index < -0.39 is 0 Å². The Bertz CT molecular complexity index is 383. The maximum atomic E-state index is 12.4. The predicted octanol–water partition coefficient (Wildman–Crippen LogP) is 2.75.